The Morgan fingerprint density at radius 1 is 1.12 bits per heavy atom. The van der Waals surface area contributed by atoms with Crippen molar-refractivity contribution in [1.29, 1.82) is 0 Å². The molecule has 24 heavy (non-hydrogen) atoms. The molecule has 4 heteroatoms. The molecule has 0 aliphatic heterocycles. The molecule has 0 amide bonds. The number of benzene rings is 2. The van der Waals surface area contributed by atoms with Gasteiger partial charge in [-0.15, -0.1) is 0 Å². The summed E-state index contributed by atoms with van der Waals surface area (Å²) in [7, 11) is 0. The van der Waals surface area contributed by atoms with Gasteiger partial charge in [0.25, 0.3) is 0 Å². The maximum Gasteiger partial charge on any atom is 0.339 e. The number of ether oxygens (including phenoxy) is 1. The van der Waals surface area contributed by atoms with Gasteiger partial charge in [0.2, 0.25) is 0 Å². The van der Waals surface area contributed by atoms with Gasteiger partial charge in [0.05, 0.1) is 5.39 Å². The molecular weight excluding hydrogens is 307 g/mol. The first-order chi connectivity index (χ1) is 11.6. The van der Waals surface area contributed by atoms with E-state index in [1.807, 2.05) is 19.1 Å². The van der Waals surface area contributed by atoms with Gasteiger partial charge in [-0.2, -0.15) is 0 Å². The van der Waals surface area contributed by atoms with Gasteiger partial charge in [-0.05, 0) is 67.1 Å². The minimum absolute atomic E-state index is 0.231. The van der Waals surface area contributed by atoms with Crippen LogP contribution in [-0.2, 0) is 19.4 Å². The van der Waals surface area contributed by atoms with E-state index in [0.29, 0.717) is 12.2 Å². The number of rotatable bonds is 3. The maximum absolute atomic E-state index is 13.0. The summed E-state index contributed by atoms with van der Waals surface area (Å²) in [5, 5.41) is 0.898. The Balaban J connectivity index is 1.78. The smallest absolute Gasteiger partial charge is 0.339 e. The zero-order valence-corrected chi connectivity index (χ0v) is 13.4. The molecule has 0 bridgehead atoms. The fourth-order valence-electron chi connectivity index (χ4n) is 3.36. The van der Waals surface area contributed by atoms with Crippen molar-refractivity contribution in [3.05, 3.63) is 74.9 Å². The van der Waals surface area contributed by atoms with Crippen LogP contribution in [0.4, 0.5) is 4.39 Å². The molecule has 1 aromatic heterocycles. The van der Waals surface area contributed by atoms with Gasteiger partial charge in [0, 0.05) is 5.56 Å². The highest BCUT2D eigenvalue weighted by atomic mass is 19.1. The Morgan fingerprint density at radius 3 is 2.67 bits per heavy atom. The first-order valence-electron chi connectivity index (χ1n) is 8.08. The predicted molar refractivity (Wildman–Crippen MR) is 90.0 cm³/mol. The Bertz CT molecular complexity index is 971. The molecule has 3 nitrogen and oxygen atoms in total. The van der Waals surface area contributed by atoms with Crippen molar-refractivity contribution >= 4 is 11.0 Å². The van der Waals surface area contributed by atoms with Crippen LogP contribution in [0.5, 0.6) is 5.75 Å². The summed E-state index contributed by atoms with van der Waals surface area (Å²) in [4.78, 5) is 12.1. The summed E-state index contributed by atoms with van der Waals surface area (Å²) < 4.78 is 24.5. The van der Waals surface area contributed by atoms with Crippen molar-refractivity contribution in [3.8, 4) is 5.75 Å². The lowest BCUT2D eigenvalue weighted by Gasteiger charge is -2.13. The van der Waals surface area contributed by atoms with Gasteiger partial charge < -0.3 is 9.15 Å². The molecule has 0 N–H and O–H groups in total. The molecule has 3 aromatic rings. The molecule has 1 heterocycles. The fourth-order valence-corrected chi connectivity index (χ4v) is 3.36. The van der Waals surface area contributed by atoms with Crippen molar-refractivity contribution in [1.82, 2.24) is 0 Å². The van der Waals surface area contributed by atoms with E-state index in [1.165, 1.54) is 12.1 Å². The van der Waals surface area contributed by atoms with Crippen molar-refractivity contribution in [2.24, 2.45) is 0 Å². The van der Waals surface area contributed by atoms with Gasteiger partial charge in [-0.3, -0.25) is 0 Å². The third kappa shape index (κ3) is 2.58. The molecule has 2 aromatic carbocycles. The summed E-state index contributed by atoms with van der Waals surface area (Å²) in [5.41, 5.74) is 4.03. The SMILES string of the molecule is Cc1cc(OCc2ccc(F)cc2)c2c3c(c(=O)oc2c1)CCC3. The lowest BCUT2D eigenvalue weighted by Crippen LogP contribution is -2.08. The number of halogens is 1. The highest BCUT2D eigenvalue weighted by Gasteiger charge is 2.22. The van der Waals surface area contributed by atoms with E-state index in [4.69, 9.17) is 9.15 Å². The van der Waals surface area contributed by atoms with E-state index >= 15 is 0 Å². The molecule has 0 saturated heterocycles. The molecule has 1 aliphatic rings. The Labute approximate surface area is 138 Å². The lowest BCUT2D eigenvalue weighted by molar-refractivity contribution is 0.309. The third-order valence-electron chi connectivity index (χ3n) is 4.49. The average molecular weight is 324 g/mol. The van der Waals surface area contributed by atoms with Crippen LogP contribution >= 0.6 is 0 Å². The maximum atomic E-state index is 13.0. The number of hydrogen-bond donors (Lipinski definition) is 0. The Kier molecular flexibility index (Phi) is 3.60. The highest BCUT2D eigenvalue weighted by molar-refractivity contribution is 5.88. The van der Waals surface area contributed by atoms with E-state index in [9.17, 15) is 9.18 Å². The monoisotopic (exact) mass is 324 g/mol. The number of hydrogen-bond acceptors (Lipinski definition) is 3. The van der Waals surface area contributed by atoms with Crippen LogP contribution in [0.1, 0.15) is 28.7 Å². The second-order valence-corrected chi connectivity index (χ2v) is 6.25. The third-order valence-corrected chi connectivity index (χ3v) is 4.49. The molecule has 0 saturated carbocycles. The van der Waals surface area contributed by atoms with Crippen molar-refractivity contribution in [2.75, 3.05) is 0 Å². The summed E-state index contributed by atoms with van der Waals surface area (Å²) >= 11 is 0. The summed E-state index contributed by atoms with van der Waals surface area (Å²) in [6.45, 7) is 2.28. The van der Waals surface area contributed by atoms with Gasteiger partial charge in [0.15, 0.2) is 0 Å². The molecule has 122 valence electrons. The van der Waals surface area contributed by atoms with Gasteiger partial charge in [-0.25, -0.2) is 9.18 Å². The van der Waals surface area contributed by atoms with Crippen LogP contribution in [0.2, 0.25) is 0 Å². The highest BCUT2D eigenvalue weighted by Crippen LogP contribution is 2.35. The molecule has 4 rings (SSSR count). The Hall–Kier alpha value is -2.62. The van der Waals surface area contributed by atoms with Crippen LogP contribution in [0, 0.1) is 12.7 Å². The van der Waals surface area contributed by atoms with E-state index < -0.39 is 0 Å². The summed E-state index contributed by atoms with van der Waals surface area (Å²) in [6, 6.07) is 10.1. The van der Waals surface area contributed by atoms with E-state index in [0.717, 1.165) is 52.7 Å². The zero-order valence-electron chi connectivity index (χ0n) is 13.4. The fraction of sp³-hybridized carbons (Fsp3) is 0.250. The minimum atomic E-state index is -0.264. The van der Waals surface area contributed by atoms with Gasteiger partial charge in [0.1, 0.15) is 23.8 Å². The normalized spacial score (nSPS) is 13.2. The van der Waals surface area contributed by atoms with E-state index in [1.54, 1.807) is 12.1 Å². The predicted octanol–water partition coefficient (Wildman–Crippen LogP) is 4.31. The summed E-state index contributed by atoms with van der Waals surface area (Å²) in [5.74, 6) is 0.454. The molecule has 0 atom stereocenters. The van der Waals surface area contributed by atoms with E-state index in [2.05, 4.69) is 0 Å². The van der Waals surface area contributed by atoms with Crippen LogP contribution in [0.25, 0.3) is 11.0 Å². The average Bonchev–Trinajstić information content (AvgIpc) is 3.04. The van der Waals surface area contributed by atoms with Crippen LogP contribution in [0.3, 0.4) is 0 Å². The van der Waals surface area contributed by atoms with Gasteiger partial charge in [-0.1, -0.05) is 12.1 Å². The molecule has 0 radical (unpaired) electrons. The molecule has 0 fully saturated rings. The van der Waals surface area contributed by atoms with Crippen molar-refractivity contribution < 1.29 is 13.5 Å². The van der Waals surface area contributed by atoms with Crippen LogP contribution in [0.15, 0.2) is 45.6 Å². The van der Waals surface area contributed by atoms with Gasteiger partial charge >= 0.3 is 5.63 Å². The van der Waals surface area contributed by atoms with Crippen molar-refractivity contribution in [3.63, 3.8) is 0 Å². The topological polar surface area (TPSA) is 39.4 Å². The first-order valence-corrected chi connectivity index (χ1v) is 8.08. The Morgan fingerprint density at radius 2 is 1.88 bits per heavy atom. The second kappa shape index (κ2) is 5.78. The lowest BCUT2D eigenvalue weighted by atomic mass is 10.0. The minimum Gasteiger partial charge on any atom is -0.488 e. The van der Waals surface area contributed by atoms with Crippen molar-refractivity contribution in [2.45, 2.75) is 32.8 Å². The van der Waals surface area contributed by atoms with E-state index in [-0.39, 0.29) is 11.4 Å². The number of aryl methyl sites for hydroxylation is 2. The molecule has 0 spiro atoms. The molecular formula is C20H17FO3. The first kappa shape index (κ1) is 14.9. The molecule has 1 aliphatic carbocycles. The van der Waals surface area contributed by atoms with Crippen LogP contribution in [-0.4, -0.2) is 0 Å². The summed E-state index contributed by atoms with van der Waals surface area (Å²) in [6.07, 6.45) is 2.59. The standard InChI is InChI=1S/C20H17FO3/c1-12-9-17(23-11-13-5-7-14(21)8-6-13)19-15-3-2-4-16(15)20(22)24-18(19)10-12/h5-10H,2-4,11H2,1H3. The van der Waals surface area contributed by atoms with Crippen LogP contribution < -0.4 is 10.4 Å². The quantitative estimate of drug-likeness (QED) is 0.674. The molecule has 0 unspecified atom stereocenters. The zero-order chi connectivity index (χ0) is 16.7. The second-order valence-electron chi connectivity index (χ2n) is 6.25. The largest absolute Gasteiger partial charge is 0.488 e. The number of fused-ring (bicyclic) bond motifs is 3.